The van der Waals surface area contributed by atoms with Crippen molar-refractivity contribution in [1.82, 2.24) is 9.80 Å². The molecule has 0 aromatic heterocycles. The first-order valence-corrected chi connectivity index (χ1v) is 9.99. The van der Waals surface area contributed by atoms with Gasteiger partial charge in [0.1, 0.15) is 18.5 Å². The Kier molecular flexibility index (Phi) is 7.45. The molecule has 150 valence electrons. The first kappa shape index (κ1) is 20.8. The van der Waals surface area contributed by atoms with Gasteiger partial charge in [-0.2, -0.15) is 0 Å². The standard InChI is InChI=1S/C22H27ClN2O3/c1-17(26)21-4-2-3-5-22(21)28-16-20(27)15-25-12-10-24(11-13-25)14-18-6-8-19(23)9-7-18/h2-9,20,27H,10-16H2,1H3/t20-/m1/s1. The first-order chi connectivity index (χ1) is 13.5. The van der Waals surface area contributed by atoms with Crippen LogP contribution in [0.5, 0.6) is 5.75 Å². The van der Waals surface area contributed by atoms with Crippen molar-refractivity contribution < 1.29 is 14.6 Å². The lowest BCUT2D eigenvalue weighted by Gasteiger charge is -2.35. The minimum Gasteiger partial charge on any atom is -0.490 e. The molecule has 1 atom stereocenters. The number of β-amino-alcohol motifs (C(OH)–C–C–N with tert-alkyl or cyclic N) is 1. The van der Waals surface area contributed by atoms with Crippen LogP contribution in [0, 0.1) is 0 Å². The molecule has 1 heterocycles. The molecular weight excluding hydrogens is 376 g/mol. The van der Waals surface area contributed by atoms with Crippen LogP contribution in [0.25, 0.3) is 0 Å². The lowest BCUT2D eigenvalue weighted by Crippen LogP contribution is -2.48. The minimum absolute atomic E-state index is 0.0399. The third-order valence-electron chi connectivity index (χ3n) is 4.95. The molecule has 1 aliphatic rings. The van der Waals surface area contributed by atoms with Gasteiger partial charge in [-0.05, 0) is 36.8 Å². The second-order valence-electron chi connectivity index (χ2n) is 7.22. The fourth-order valence-corrected chi connectivity index (χ4v) is 3.52. The fourth-order valence-electron chi connectivity index (χ4n) is 3.40. The van der Waals surface area contributed by atoms with Crippen LogP contribution in [0.3, 0.4) is 0 Å². The summed E-state index contributed by atoms with van der Waals surface area (Å²) in [4.78, 5) is 16.3. The van der Waals surface area contributed by atoms with E-state index >= 15 is 0 Å². The van der Waals surface area contributed by atoms with Crippen LogP contribution >= 0.6 is 11.6 Å². The van der Waals surface area contributed by atoms with Gasteiger partial charge in [0.15, 0.2) is 5.78 Å². The highest BCUT2D eigenvalue weighted by molar-refractivity contribution is 6.30. The van der Waals surface area contributed by atoms with Gasteiger partial charge in [-0.25, -0.2) is 0 Å². The summed E-state index contributed by atoms with van der Waals surface area (Å²) in [6.07, 6.45) is -0.595. The number of benzene rings is 2. The molecule has 2 aromatic carbocycles. The predicted molar refractivity (Wildman–Crippen MR) is 111 cm³/mol. The Hall–Kier alpha value is -1.92. The number of aliphatic hydroxyl groups is 1. The topological polar surface area (TPSA) is 53.0 Å². The monoisotopic (exact) mass is 402 g/mol. The van der Waals surface area contributed by atoms with E-state index in [-0.39, 0.29) is 12.4 Å². The summed E-state index contributed by atoms with van der Waals surface area (Å²) >= 11 is 5.94. The van der Waals surface area contributed by atoms with Crippen molar-refractivity contribution >= 4 is 17.4 Å². The van der Waals surface area contributed by atoms with Crippen molar-refractivity contribution in [2.24, 2.45) is 0 Å². The number of hydrogen-bond acceptors (Lipinski definition) is 5. The quantitative estimate of drug-likeness (QED) is 0.687. The van der Waals surface area contributed by atoms with E-state index in [1.807, 2.05) is 24.3 Å². The van der Waals surface area contributed by atoms with Crippen molar-refractivity contribution in [3.8, 4) is 5.75 Å². The Morgan fingerprint density at radius 2 is 1.71 bits per heavy atom. The normalized spacial score (nSPS) is 16.7. The predicted octanol–water partition coefficient (Wildman–Crippen LogP) is 3.10. The Labute approximate surface area is 171 Å². The number of halogens is 1. The van der Waals surface area contributed by atoms with Crippen LogP contribution in [-0.2, 0) is 6.54 Å². The number of aliphatic hydroxyl groups excluding tert-OH is 1. The molecule has 1 N–H and O–H groups in total. The summed E-state index contributed by atoms with van der Waals surface area (Å²) in [6.45, 7) is 6.92. The van der Waals surface area contributed by atoms with Crippen LogP contribution in [0.4, 0.5) is 0 Å². The average molecular weight is 403 g/mol. The molecule has 3 rings (SSSR count). The molecule has 1 saturated heterocycles. The Morgan fingerprint density at radius 3 is 2.39 bits per heavy atom. The van der Waals surface area contributed by atoms with Crippen LogP contribution in [-0.4, -0.2) is 66.1 Å². The van der Waals surface area contributed by atoms with E-state index in [9.17, 15) is 9.90 Å². The third kappa shape index (κ3) is 6.04. The van der Waals surface area contributed by atoms with Gasteiger partial charge in [-0.1, -0.05) is 35.9 Å². The van der Waals surface area contributed by atoms with Crippen LogP contribution in [0.1, 0.15) is 22.8 Å². The summed E-state index contributed by atoms with van der Waals surface area (Å²) in [5.74, 6) is 0.490. The van der Waals surface area contributed by atoms with Gasteiger partial charge in [0.2, 0.25) is 0 Å². The molecule has 2 aromatic rings. The SMILES string of the molecule is CC(=O)c1ccccc1OC[C@H](O)CN1CCN(Cc2ccc(Cl)cc2)CC1. The van der Waals surface area contributed by atoms with Gasteiger partial charge in [-0.3, -0.25) is 14.6 Å². The summed E-state index contributed by atoms with van der Waals surface area (Å²) in [7, 11) is 0. The van der Waals surface area contributed by atoms with E-state index < -0.39 is 6.10 Å². The number of hydrogen-bond donors (Lipinski definition) is 1. The zero-order valence-electron chi connectivity index (χ0n) is 16.2. The molecule has 0 unspecified atom stereocenters. The summed E-state index contributed by atoms with van der Waals surface area (Å²) in [5, 5.41) is 11.1. The number of carbonyl (C=O) groups is 1. The average Bonchev–Trinajstić information content (AvgIpc) is 2.70. The first-order valence-electron chi connectivity index (χ1n) is 9.61. The molecule has 6 heteroatoms. The second-order valence-corrected chi connectivity index (χ2v) is 7.66. The number of nitrogens with zero attached hydrogens (tertiary/aromatic N) is 2. The number of rotatable bonds is 8. The lowest BCUT2D eigenvalue weighted by atomic mass is 10.1. The molecule has 0 amide bonds. The molecule has 0 radical (unpaired) electrons. The van der Waals surface area contributed by atoms with E-state index in [0.717, 1.165) is 37.7 Å². The van der Waals surface area contributed by atoms with Gasteiger partial charge in [0.25, 0.3) is 0 Å². The second kappa shape index (κ2) is 10.0. The van der Waals surface area contributed by atoms with Crippen LogP contribution < -0.4 is 4.74 Å². The molecule has 0 saturated carbocycles. The highest BCUT2D eigenvalue weighted by atomic mass is 35.5. The largest absolute Gasteiger partial charge is 0.490 e. The molecule has 1 aliphatic heterocycles. The van der Waals surface area contributed by atoms with Gasteiger partial charge >= 0.3 is 0 Å². The van der Waals surface area contributed by atoms with Gasteiger partial charge in [0.05, 0.1) is 5.56 Å². The Bertz CT molecular complexity index is 774. The highest BCUT2D eigenvalue weighted by Gasteiger charge is 2.20. The number of piperazine rings is 1. The zero-order chi connectivity index (χ0) is 19.9. The number of ketones is 1. The molecular formula is C22H27ClN2O3. The minimum atomic E-state index is -0.595. The molecule has 5 nitrogen and oxygen atoms in total. The number of ether oxygens (including phenoxy) is 1. The molecule has 0 aliphatic carbocycles. The Morgan fingerprint density at radius 1 is 1.07 bits per heavy atom. The Balaban J connectivity index is 1.41. The van der Waals surface area contributed by atoms with E-state index in [4.69, 9.17) is 16.3 Å². The number of para-hydroxylation sites is 1. The van der Waals surface area contributed by atoms with Crippen LogP contribution in [0.2, 0.25) is 5.02 Å². The van der Waals surface area contributed by atoms with E-state index in [1.54, 1.807) is 12.1 Å². The summed E-state index contributed by atoms with van der Waals surface area (Å²) in [5.41, 5.74) is 1.81. The molecule has 0 bridgehead atoms. The van der Waals surface area contributed by atoms with E-state index in [1.165, 1.54) is 12.5 Å². The van der Waals surface area contributed by atoms with E-state index in [0.29, 0.717) is 17.9 Å². The number of carbonyl (C=O) groups excluding carboxylic acids is 1. The summed E-state index contributed by atoms with van der Waals surface area (Å²) in [6, 6.07) is 15.1. The van der Waals surface area contributed by atoms with Crippen molar-refractivity contribution in [2.45, 2.75) is 19.6 Å². The van der Waals surface area contributed by atoms with Crippen LogP contribution in [0.15, 0.2) is 48.5 Å². The van der Waals surface area contributed by atoms with Crippen molar-refractivity contribution in [1.29, 1.82) is 0 Å². The number of Topliss-reactive ketones (excluding diaryl/α,β-unsaturated/α-hetero) is 1. The van der Waals surface area contributed by atoms with Crippen molar-refractivity contribution in [3.63, 3.8) is 0 Å². The third-order valence-corrected chi connectivity index (χ3v) is 5.20. The van der Waals surface area contributed by atoms with Crippen molar-refractivity contribution in [2.75, 3.05) is 39.3 Å². The van der Waals surface area contributed by atoms with Gasteiger partial charge < -0.3 is 9.84 Å². The maximum Gasteiger partial charge on any atom is 0.163 e. The zero-order valence-corrected chi connectivity index (χ0v) is 16.9. The van der Waals surface area contributed by atoms with E-state index in [2.05, 4.69) is 21.9 Å². The maximum atomic E-state index is 11.6. The maximum absolute atomic E-state index is 11.6. The smallest absolute Gasteiger partial charge is 0.163 e. The van der Waals surface area contributed by atoms with Gasteiger partial charge in [-0.15, -0.1) is 0 Å². The summed E-state index contributed by atoms with van der Waals surface area (Å²) < 4.78 is 5.69. The lowest BCUT2D eigenvalue weighted by molar-refractivity contribution is 0.0443. The highest BCUT2D eigenvalue weighted by Crippen LogP contribution is 2.19. The molecule has 28 heavy (non-hydrogen) atoms. The van der Waals surface area contributed by atoms with Crippen molar-refractivity contribution in [3.05, 3.63) is 64.7 Å². The van der Waals surface area contributed by atoms with Gasteiger partial charge in [0, 0.05) is 44.3 Å². The fraction of sp³-hybridized carbons (Fsp3) is 0.409. The molecule has 0 spiro atoms. The molecule has 1 fully saturated rings.